The lowest BCUT2D eigenvalue weighted by atomic mass is 10.2. The number of carbonyl (C=O) groups is 2. The molecule has 0 spiro atoms. The smallest absolute Gasteiger partial charge is 0.265 e. The van der Waals surface area contributed by atoms with Crippen molar-refractivity contribution in [2.45, 2.75) is 19.1 Å². The molecule has 0 aromatic heterocycles. The molecule has 4 N–H and O–H groups in total. The maximum Gasteiger partial charge on any atom is 0.265 e. The number of nitrogens with two attached hydrogens (primary N) is 1. The number of nitrogens with one attached hydrogen (secondary N) is 2. The molecule has 0 bridgehead atoms. The summed E-state index contributed by atoms with van der Waals surface area (Å²) in [6, 6.07) is 5.00. The Morgan fingerprint density at radius 2 is 2.35 bits per heavy atom. The summed E-state index contributed by atoms with van der Waals surface area (Å²) in [7, 11) is 1.42. The van der Waals surface area contributed by atoms with Gasteiger partial charge in [-0.2, -0.15) is 0 Å². The summed E-state index contributed by atoms with van der Waals surface area (Å²) >= 11 is 0. The van der Waals surface area contributed by atoms with Gasteiger partial charge in [-0.1, -0.05) is 0 Å². The summed E-state index contributed by atoms with van der Waals surface area (Å²) in [4.78, 5) is 23.4. The Bertz CT molecular complexity index is 528. The molecule has 0 fully saturated rings. The Kier molecular flexibility index (Phi) is 4.21. The highest BCUT2D eigenvalue weighted by Gasteiger charge is 2.24. The Morgan fingerprint density at radius 3 is 3.00 bits per heavy atom. The van der Waals surface area contributed by atoms with Crippen molar-refractivity contribution < 1.29 is 19.1 Å². The van der Waals surface area contributed by atoms with E-state index in [1.807, 2.05) is 0 Å². The number of carbonyl (C=O) groups excluding carboxylic acids is 2. The zero-order valence-corrected chi connectivity index (χ0v) is 11.3. The van der Waals surface area contributed by atoms with Gasteiger partial charge in [0.1, 0.15) is 11.9 Å². The fourth-order valence-corrected chi connectivity index (χ4v) is 1.82. The quantitative estimate of drug-likeness (QED) is 0.736. The van der Waals surface area contributed by atoms with Crippen LogP contribution in [0.3, 0.4) is 0 Å². The van der Waals surface area contributed by atoms with Crippen LogP contribution in [0.15, 0.2) is 18.2 Å². The molecule has 1 aromatic carbocycles. The van der Waals surface area contributed by atoms with Crippen molar-refractivity contribution in [3.63, 3.8) is 0 Å². The molecule has 0 saturated carbocycles. The van der Waals surface area contributed by atoms with Gasteiger partial charge in [0.25, 0.3) is 11.8 Å². The third kappa shape index (κ3) is 2.89. The van der Waals surface area contributed by atoms with Gasteiger partial charge in [-0.3, -0.25) is 9.59 Å². The summed E-state index contributed by atoms with van der Waals surface area (Å²) in [6.45, 7) is 1.75. The zero-order chi connectivity index (χ0) is 14.7. The van der Waals surface area contributed by atoms with Crippen molar-refractivity contribution in [3.8, 4) is 5.75 Å². The second-order valence-electron chi connectivity index (χ2n) is 4.41. The molecule has 1 aliphatic heterocycles. The van der Waals surface area contributed by atoms with Gasteiger partial charge in [0, 0.05) is 19.3 Å². The van der Waals surface area contributed by atoms with E-state index < -0.39 is 12.2 Å². The third-order valence-electron chi connectivity index (χ3n) is 2.97. The van der Waals surface area contributed by atoms with E-state index in [1.54, 1.807) is 25.1 Å². The predicted molar refractivity (Wildman–Crippen MR) is 73.6 cm³/mol. The Morgan fingerprint density at radius 1 is 1.60 bits per heavy atom. The van der Waals surface area contributed by atoms with Crippen LogP contribution in [0.25, 0.3) is 0 Å². The van der Waals surface area contributed by atoms with Gasteiger partial charge < -0.3 is 25.8 Å². The van der Waals surface area contributed by atoms with Crippen molar-refractivity contribution in [1.29, 1.82) is 0 Å². The first kappa shape index (κ1) is 14.3. The van der Waals surface area contributed by atoms with E-state index in [0.717, 1.165) is 0 Å². The van der Waals surface area contributed by atoms with Crippen molar-refractivity contribution in [3.05, 3.63) is 18.2 Å². The first-order valence-corrected chi connectivity index (χ1v) is 6.20. The topological polar surface area (TPSA) is 103 Å². The van der Waals surface area contributed by atoms with E-state index in [1.165, 1.54) is 7.11 Å². The highest BCUT2D eigenvalue weighted by Crippen LogP contribution is 2.32. The van der Waals surface area contributed by atoms with Crippen molar-refractivity contribution in [2.75, 3.05) is 24.3 Å². The molecule has 2 unspecified atom stereocenters. The first-order valence-electron chi connectivity index (χ1n) is 6.20. The van der Waals surface area contributed by atoms with Gasteiger partial charge in [0.05, 0.1) is 5.69 Å². The van der Waals surface area contributed by atoms with Gasteiger partial charge in [0.2, 0.25) is 0 Å². The van der Waals surface area contributed by atoms with Gasteiger partial charge >= 0.3 is 0 Å². The molecule has 1 heterocycles. The van der Waals surface area contributed by atoms with Gasteiger partial charge in [-0.05, 0) is 25.1 Å². The minimum absolute atomic E-state index is 0.0879. The van der Waals surface area contributed by atoms with E-state index in [-0.39, 0.29) is 18.4 Å². The lowest BCUT2D eigenvalue weighted by molar-refractivity contribution is -0.125. The van der Waals surface area contributed by atoms with E-state index >= 15 is 0 Å². The molecular weight excluding hydrogens is 262 g/mol. The Hall–Kier alpha value is -2.12. The lowest BCUT2D eigenvalue weighted by Crippen LogP contribution is -2.36. The van der Waals surface area contributed by atoms with Crippen LogP contribution in [0.5, 0.6) is 5.75 Å². The van der Waals surface area contributed by atoms with Crippen LogP contribution in [0, 0.1) is 0 Å². The summed E-state index contributed by atoms with van der Waals surface area (Å²) in [5.74, 6) is 0.00119. The molecular formula is C13H17N3O4. The standard InChI is InChI=1S/C13H17N3O4/c1-7-12(17)16-9-5-8(3-4-10(9)20-7)15-13(18)11(6-14)19-2/h3-5,7,11H,6,14H2,1-2H3,(H,15,18)(H,16,17). The molecule has 2 rings (SSSR count). The summed E-state index contributed by atoms with van der Waals surface area (Å²) in [6.07, 6.45) is -1.24. The molecule has 108 valence electrons. The van der Waals surface area contributed by atoms with Crippen LogP contribution in [-0.2, 0) is 14.3 Å². The van der Waals surface area contributed by atoms with Crippen LogP contribution >= 0.6 is 0 Å². The second kappa shape index (κ2) is 5.89. The molecule has 1 aliphatic rings. The molecule has 20 heavy (non-hydrogen) atoms. The van der Waals surface area contributed by atoms with Crippen LogP contribution in [0.4, 0.5) is 11.4 Å². The van der Waals surface area contributed by atoms with Gasteiger partial charge in [-0.15, -0.1) is 0 Å². The van der Waals surface area contributed by atoms with Crippen LogP contribution in [0.1, 0.15) is 6.92 Å². The molecule has 7 nitrogen and oxygen atoms in total. The molecule has 2 atom stereocenters. The molecule has 1 aromatic rings. The van der Waals surface area contributed by atoms with Crippen LogP contribution < -0.4 is 21.1 Å². The number of amides is 2. The van der Waals surface area contributed by atoms with Gasteiger partial charge in [-0.25, -0.2) is 0 Å². The number of hydrogen-bond donors (Lipinski definition) is 3. The number of fused-ring (bicyclic) bond motifs is 1. The second-order valence-corrected chi connectivity index (χ2v) is 4.41. The fourth-order valence-electron chi connectivity index (χ4n) is 1.82. The number of hydrogen-bond acceptors (Lipinski definition) is 5. The lowest BCUT2D eigenvalue weighted by Gasteiger charge is -2.24. The Balaban J connectivity index is 2.14. The minimum Gasteiger partial charge on any atom is -0.479 e. The Labute approximate surface area is 116 Å². The first-order chi connectivity index (χ1) is 9.55. The third-order valence-corrected chi connectivity index (χ3v) is 2.97. The van der Waals surface area contributed by atoms with Gasteiger partial charge in [0.15, 0.2) is 6.10 Å². The van der Waals surface area contributed by atoms with Crippen LogP contribution in [0.2, 0.25) is 0 Å². The number of anilines is 2. The molecule has 2 amide bonds. The maximum absolute atomic E-state index is 11.8. The number of ether oxygens (including phenoxy) is 2. The van der Waals surface area contributed by atoms with E-state index in [0.29, 0.717) is 17.1 Å². The average molecular weight is 279 g/mol. The highest BCUT2D eigenvalue weighted by molar-refractivity contribution is 5.99. The van der Waals surface area contributed by atoms with Crippen molar-refractivity contribution in [1.82, 2.24) is 0 Å². The largest absolute Gasteiger partial charge is 0.479 e. The summed E-state index contributed by atoms with van der Waals surface area (Å²) in [5, 5.41) is 5.38. The molecule has 0 saturated heterocycles. The minimum atomic E-state index is -0.711. The van der Waals surface area contributed by atoms with Crippen LogP contribution in [-0.4, -0.2) is 37.7 Å². The van der Waals surface area contributed by atoms with E-state index in [2.05, 4.69) is 10.6 Å². The fraction of sp³-hybridized carbons (Fsp3) is 0.385. The van der Waals surface area contributed by atoms with E-state index in [4.69, 9.17) is 15.2 Å². The predicted octanol–water partition coefficient (Wildman–Crippen LogP) is 0.318. The molecule has 0 radical (unpaired) electrons. The average Bonchev–Trinajstić information content (AvgIpc) is 2.42. The number of benzene rings is 1. The van der Waals surface area contributed by atoms with Crippen molar-refractivity contribution >= 4 is 23.2 Å². The molecule has 7 heteroatoms. The number of rotatable bonds is 4. The summed E-state index contributed by atoms with van der Waals surface area (Å²) in [5.41, 5.74) is 6.47. The van der Waals surface area contributed by atoms with Crippen molar-refractivity contribution in [2.24, 2.45) is 5.73 Å². The molecule has 0 aliphatic carbocycles. The monoisotopic (exact) mass is 279 g/mol. The zero-order valence-electron chi connectivity index (χ0n) is 11.3. The number of methoxy groups -OCH3 is 1. The summed E-state index contributed by atoms with van der Waals surface area (Å²) < 4.78 is 10.4. The highest BCUT2D eigenvalue weighted by atomic mass is 16.5. The van der Waals surface area contributed by atoms with E-state index in [9.17, 15) is 9.59 Å². The maximum atomic E-state index is 11.8. The SMILES string of the molecule is COC(CN)C(=O)Nc1ccc2c(c1)NC(=O)C(C)O2. The normalized spacial score (nSPS) is 18.6.